The van der Waals surface area contributed by atoms with Crippen molar-refractivity contribution in [3.63, 3.8) is 0 Å². The Morgan fingerprint density at radius 2 is 1.93 bits per heavy atom. The molecule has 0 unspecified atom stereocenters. The maximum absolute atomic E-state index is 12.6. The van der Waals surface area contributed by atoms with Gasteiger partial charge >= 0.3 is 12.1 Å². The Morgan fingerprint density at radius 1 is 1.17 bits per heavy atom. The van der Waals surface area contributed by atoms with Crippen molar-refractivity contribution in [2.24, 2.45) is 5.92 Å². The van der Waals surface area contributed by atoms with Crippen molar-refractivity contribution in [3.8, 4) is 11.4 Å². The number of thiophene rings is 1. The third-order valence-corrected chi connectivity index (χ3v) is 5.77. The van der Waals surface area contributed by atoms with Crippen LogP contribution in [-0.2, 0) is 4.79 Å². The van der Waals surface area contributed by atoms with E-state index in [1.54, 1.807) is 11.3 Å². The lowest BCUT2D eigenvalue weighted by Gasteiger charge is -2.32. The first-order valence-corrected chi connectivity index (χ1v) is 10.3. The second-order valence-electron chi connectivity index (χ2n) is 7.04. The molecule has 1 aliphatic heterocycles. The summed E-state index contributed by atoms with van der Waals surface area (Å²) in [5.74, 6) is -0.222. The van der Waals surface area contributed by atoms with Crippen molar-refractivity contribution in [3.05, 3.63) is 41.1 Å². The van der Waals surface area contributed by atoms with E-state index in [4.69, 9.17) is 0 Å². The van der Waals surface area contributed by atoms with E-state index in [1.807, 2.05) is 41.1 Å². The van der Waals surface area contributed by atoms with Crippen LogP contribution in [0, 0.1) is 5.92 Å². The van der Waals surface area contributed by atoms with Gasteiger partial charge in [0.05, 0.1) is 5.52 Å². The van der Waals surface area contributed by atoms with Crippen LogP contribution >= 0.6 is 11.3 Å². The number of amides is 1. The number of aromatic nitrogens is 2. The summed E-state index contributed by atoms with van der Waals surface area (Å²) in [4.78, 5) is 21.6. The fourth-order valence-electron chi connectivity index (χ4n) is 3.49. The number of anilines is 1. The van der Waals surface area contributed by atoms with Gasteiger partial charge in [0.25, 0.3) is 0 Å². The number of nitrogens with one attached hydrogen (secondary N) is 1. The third kappa shape index (κ3) is 4.34. The van der Waals surface area contributed by atoms with Gasteiger partial charge in [0.2, 0.25) is 0 Å². The van der Waals surface area contributed by atoms with Gasteiger partial charge in [0.15, 0.2) is 5.82 Å². The highest BCUT2D eigenvalue weighted by atomic mass is 32.1. The Labute approximate surface area is 169 Å². The van der Waals surface area contributed by atoms with E-state index in [0.29, 0.717) is 31.0 Å². The summed E-state index contributed by atoms with van der Waals surface area (Å²) in [7, 11) is 0. The van der Waals surface area contributed by atoms with Gasteiger partial charge in [-0.05, 0) is 42.3 Å². The van der Waals surface area contributed by atoms with Crippen molar-refractivity contribution in [1.29, 1.82) is 0 Å². The van der Waals surface area contributed by atoms with Gasteiger partial charge in [0.1, 0.15) is 5.82 Å². The van der Waals surface area contributed by atoms with Crippen LogP contribution in [0.25, 0.3) is 22.3 Å². The van der Waals surface area contributed by atoms with Crippen LogP contribution in [0.2, 0.25) is 0 Å². The van der Waals surface area contributed by atoms with E-state index in [2.05, 4.69) is 15.3 Å². The van der Waals surface area contributed by atoms with E-state index < -0.39 is 12.1 Å². The molecule has 0 aliphatic carbocycles. The summed E-state index contributed by atoms with van der Waals surface area (Å²) in [5, 5.41) is 8.22. The smallest absolute Gasteiger partial charge is 0.369 e. The number of para-hydroxylation sites is 1. The second-order valence-corrected chi connectivity index (χ2v) is 7.82. The predicted molar refractivity (Wildman–Crippen MR) is 107 cm³/mol. The summed E-state index contributed by atoms with van der Waals surface area (Å²) in [6.07, 6.45) is -3.76. The average Bonchev–Trinajstić information content (AvgIpc) is 3.26. The first kappa shape index (κ1) is 19.6. The molecule has 3 aromatic rings. The largest absolute Gasteiger partial charge is 0.471 e. The minimum Gasteiger partial charge on any atom is -0.369 e. The molecule has 5 nitrogen and oxygen atoms in total. The molecule has 9 heteroatoms. The summed E-state index contributed by atoms with van der Waals surface area (Å²) < 4.78 is 37.8. The quantitative estimate of drug-likeness (QED) is 0.672. The van der Waals surface area contributed by atoms with Gasteiger partial charge in [-0.1, -0.05) is 12.1 Å². The number of alkyl halides is 3. The molecule has 1 aromatic carbocycles. The molecule has 152 valence electrons. The molecule has 4 rings (SSSR count). The average molecular weight is 420 g/mol. The van der Waals surface area contributed by atoms with Crippen molar-refractivity contribution in [2.45, 2.75) is 19.0 Å². The van der Waals surface area contributed by atoms with Crippen molar-refractivity contribution < 1.29 is 18.0 Å². The highest BCUT2D eigenvalue weighted by Gasteiger charge is 2.43. The molecule has 29 heavy (non-hydrogen) atoms. The Kier molecular flexibility index (Phi) is 5.40. The number of benzene rings is 1. The lowest BCUT2D eigenvalue weighted by Crippen LogP contribution is -2.46. The van der Waals surface area contributed by atoms with Crippen LogP contribution < -0.4 is 5.32 Å². The molecule has 1 aliphatic rings. The number of carbonyl (C=O) groups is 1. The molecular weight excluding hydrogens is 401 g/mol. The summed E-state index contributed by atoms with van der Waals surface area (Å²) >= 11 is 1.57. The number of hydrogen-bond donors (Lipinski definition) is 1. The van der Waals surface area contributed by atoms with Crippen LogP contribution in [0.3, 0.4) is 0 Å². The van der Waals surface area contributed by atoms with E-state index in [9.17, 15) is 18.0 Å². The monoisotopic (exact) mass is 420 g/mol. The first-order chi connectivity index (χ1) is 13.9. The zero-order valence-electron chi connectivity index (χ0n) is 15.4. The molecule has 0 saturated carbocycles. The topological polar surface area (TPSA) is 58.1 Å². The fourth-order valence-corrected chi connectivity index (χ4v) is 4.13. The van der Waals surface area contributed by atoms with E-state index in [0.717, 1.165) is 21.4 Å². The molecule has 0 spiro atoms. The van der Waals surface area contributed by atoms with Crippen LogP contribution in [0.1, 0.15) is 12.8 Å². The second kappa shape index (κ2) is 7.98. The van der Waals surface area contributed by atoms with Gasteiger partial charge in [-0.2, -0.15) is 24.5 Å². The summed E-state index contributed by atoms with van der Waals surface area (Å²) in [6.45, 7) is 0.822. The van der Waals surface area contributed by atoms with E-state index in [1.165, 1.54) is 0 Å². The number of carbonyl (C=O) groups excluding carboxylic acids is 1. The number of halogens is 3. The maximum Gasteiger partial charge on any atom is 0.471 e. The normalized spacial score (nSPS) is 15.6. The van der Waals surface area contributed by atoms with E-state index >= 15 is 0 Å². The molecule has 1 fully saturated rings. The molecule has 0 radical (unpaired) electrons. The predicted octanol–water partition coefficient (Wildman–Crippen LogP) is 4.57. The Balaban J connectivity index is 1.46. The van der Waals surface area contributed by atoms with Gasteiger partial charge in [-0.25, -0.2) is 9.97 Å². The SMILES string of the molecule is O=C(N1CCC(CNc2nc(-c3ccsc3)nc3ccccc23)CC1)C(F)(F)F. The minimum absolute atomic E-state index is 0.120. The van der Waals surface area contributed by atoms with Crippen molar-refractivity contribution in [2.75, 3.05) is 25.0 Å². The number of fused-ring (bicyclic) bond motifs is 1. The number of hydrogen-bond acceptors (Lipinski definition) is 5. The number of nitrogens with zero attached hydrogens (tertiary/aromatic N) is 3. The van der Waals surface area contributed by atoms with Crippen molar-refractivity contribution >= 4 is 34.0 Å². The Bertz CT molecular complexity index is 999. The Hall–Kier alpha value is -2.68. The lowest BCUT2D eigenvalue weighted by molar-refractivity contribution is -0.186. The van der Waals surface area contributed by atoms with Gasteiger partial charge < -0.3 is 10.2 Å². The standard InChI is InChI=1S/C20H19F3N4OS/c21-20(22,23)19(28)27-8-5-13(6-9-27)11-24-18-15-3-1-2-4-16(15)25-17(26-18)14-7-10-29-12-14/h1-4,7,10,12-13H,5-6,8-9,11H2,(H,24,25,26). The van der Waals surface area contributed by atoms with Crippen LogP contribution in [0.4, 0.5) is 19.0 Å². The molecule has 1 saturated heterocycles. The molecule has 3 heterocycles. The highest BCUT2D eigenvalue weighted by Crippen LogP contribution is 2.28. The van der Waals surface area contributed by atoms with E-state index in [-0.39, 0.29) is 19.0 Å². The van der Waals surface area contributed by atoms with Crippen LogP contribution in [0.15, 0.2) is 41.1 Å². The summed E-state index contributed by atoms with van der Waals surface area (Å²) in [5.41, 5.74) is 1.78. The zero-order valence-corrected chi connectivity index (χ0v) is 16.3. The summed E-state index contributed by atoms with van der Waals surface area (Å²) in [6, 6.07) is 9.68. The first-order valence-electron chi connectivity index (χ1n) is 9.31. The number of piperidine rings is 1. The molecular formula is C20H19F3N4OS. The zero-order chi connectivity index (χ0) is 20.4. The lowest BCUT2D eigenvalue weighted by atomic mass is 9.96. The minimum atomic E-state index is -4.80. The van der Waals surface area contributed by atoms with Gasteiger partial charge in [-0.15, -0.1) is 0 Å². The van der Waals surface area contributed by atoms with Crippen LogP contribution in [-0.4, -0.2) is 46.6 Å². The number of rotatable bonds is 4. The highest BCUT2D eigenvalue weighted by molar-refractivity contribution is 7.08. The van der Waals surface area contributed by atoms with Crippen molar-refractivity contribution in [1.82, 2.24) is 14.9 Å². The van der Waals surface area contributed by atoms with Crippen LogP contribution in [0.5, 0.6) is 0 Å². The maximum atomic E-state index is 12.6. The third-order valence-electron chi connectivity index (χ3n) is 5.09. The number of likely N-dealkylation sites (tertiary alicyclic amines) is 1. The molecule has 1 N–H and O–H groups in total. The fraction of sp³-hybridized carbons (Fsp3) is 0.350. The van der Waals surface area contributed by atoms with Gasteiger partial charge in [0, 0.05) is 36.0 Å². The molecule has 1 amide bonds. The van der Waals surface area contributed by atoms with Gasteiger partial charge in [-0.3, -0.25) is 4.79 Å². The molecule has 0 bridgehead atoms. The molecule has 0 atom stereocenters. The Morgan fingerprint density at radius 3 is 2.62 bits per heavy atom. The molecule has 2 aromatic heterocycles.